The van der Waals surface area contributed by atoms with Crippen molar-refractivity contribution in [2.75, 3.05) is 7.11 Å². The van der Waals surface area contributed by atoms with Crippen molar-refractivity contribution in [2.45, 2.75) is 0 Å². The number of methoxy groups -OCH3 is 1. The van der Waals surface area contributed by atoms with E-state index in [1.807, 2.05) is 24.3 Å². The average molecular weight is 324 g/mol. The zero-order valence-electron chi connectivity index (χ0n) is 12.2. The van der Waals surface area contributed by atoms with Crippen molar-refractivity contribution in [3.63, 3.8) is 0 Å². The third-order valence-electron chi connectivity index (χ3n) is 3.72. The monoisotopic (exact) mass is 324 g/mol. The Morgan fingerprint density at radius 1 is 1.17 bits per heavy atom. The number of hydrogen-bond donors (Lipinski definition) is 2. The SMILES string of the molecule is COc1cccc(-c2nc3sc4ccccc4c3c(=O)[nH]2)c1O. The summed E-state index contributed by atoms with van der Waals surface area (Å²) in [5.74, 6) is 0.616. The number of fused-ring (bicyclic) bond motifs is 3. The molecule has 0 radical (unpaired) electrons. The van der Waals surface area contributed by atoms with Gasteiger partial charge in [0.15, 0.2) is 11.5 Å². The summed E-state index contributed by atoms with van der Waals surface area (Å²) in [4.78, 5) is 20.4. The van der Waals surface area contributed by atoms with E-state index in [1.165, 1.54) is 18.4 Å². The minimum atomic E-state index is -0.218. The topological polar surface area (TPSA) is 75.2 Å². The number of hydrogen-bond acceptors (Lipinski definition) is 5. The van der Waals surface area contributed by atoms with Crippen molar-refractivity contribution in [2.24, 2.45) is 0 Å². The molecule has 0 fully saturated rings. The number of aromatic hydroxyl groups is 1. The number of H-pyrrole nitrogens is 1. The lowest BCUT2D eigenvalue weighted by Gasteiger charge is -2.08. The zero-order chi connectivity index (χ0) is 16.0. The van der Waals surface area contributed by atoms with Gasteiger partial charge in [-0.1, -0.05) is 24.3 Å². The van der Waals surface area contributed by atoms with Crippen LogP contribution in [0.5, 0.6) is 11.5 Å². The molecule has 0 unspecified atom stereocenters. The van der Waals surface area contributed by atoms with Crippen LogP contribution in [0, 0.1) is 0 Å². The lowest BCUT2D eigenvalue weighted by Crippen LogP contribution is -2.08. The Balaban J connectivity index is 2.03. The summed E-state index contributed by atoms with van der Waals surface area (Å²) < 4.78 is 6.11. The van der Waals surface area contributed by atoms with E-state index in [-0.39, 0.29) is 11.3 Å². The van der Waals surface area contributed by atoms with E-state index in [9.17, 15) is 9.90 Å². The maximum Gasteiger partial charge on any atom is 0.260 e. The molecule has 4 rings (SSSR count). The zero-order valence-corrected chi connectivity index (χ0v) is 13.0. The normalized spacial score (nSPS) is 11.2. The second kappa shape index (κ2) is 5.10. The van der Waals surface area contributed by atoms with Gasteiger partial charge in [0, 0.05) is 10.1 Å². The Morgan fingerprint density at radius 2 is 2.00 bits per heavy atom. The number of phenolic OH excluding ortho intramolecular Hbond substituents is 1. The van der Waals surface area contributed by atoms with Crippen LogP contribution >= 0.6 is 11.3 Å². The highest BCUT2D eigenvalue weighted by Crippen LogP contribution is 2.36. The maximum absolute atomic E-state index is 12.5. The third kappa shape index (κ3) is 2.07. The summed E-state index contributed by atoms with van der Waals surface area (Å²) in [5.41, 5.74) is 0.213. The first-order valence-electron chi connectivity index (χ1n) is 6.97. The number of ether oxygens (including phenoxy) is 1. The number of aromatic amines is 1. The summed E-state index contributed by atoms with van der Waals surface area (Å²) in [6, 6.07) is 12.8. The third-order valence-corrected chi connectivity index (χ3v) is 4.79. The lowest BCUT2D eigenvalue weighted by molar-refractivity contribution is 0.374. The first-order chi connectivity index (χ1) is 11.2. The van der Waals surface area contributed by atoms with Gasteiger partial charge in [0.05, 0.1) is 18.1 Å². The number of phenols is 1. The molecule has 0 saturated heterocycles. The van der Waals surface area contributed by atoms with E-state index in [4.69, 9.17) is 4.74 Å². The van der Waals surface area contributed by atoms with E-state index in [0.717, 1.165) is 10.1 Å². The molecule has 23 heavy (non-hydrogen) atoms. The van der Waals surface area contributed by atoms with Gasteiger partial charge >= 0.3 is 0 Å². The quantitative estimate of drug-likeness (QED) is 0.591. The van der Waals surface area contributed by atoms with Gasteiger partial charge in [-0.25, -0.2) is 4.98 Å². The molecule has 0 aliphatic carbocycles. The Hall–Kier alpha value is -2.86. The standard InChI is InChI=1S/C17H12N2O3S/c1-22-11-7-4-6-10(14(11)20)15-18-16(21)13-9-5-2-3-8-12(9)23-17(13)19-15/h2-8,20H,1H3,(H,18,19,21). The van der Waals surface area contributed by atoms with E-state index in [2.05, 4.69) is 9.97 Å². The van der Waals surface area contributed by atoms with Crippen LogP contribution in [-0.2, 0) is 0 Å². The molecule has 2 heterocycles. The summed E-state index contributed by atoms with van der Waals surface area (Å²) in [5, 5.41) is 11.7. The highest BCUT2D eigenvalue weighted by Gasteiger charge is 2.15. The Kier molecular flexibility index (Phi) is 3.06. The summed E-state index contributed by atoms with van der Waals surface area (Å²) in [6.45, 7) is 0. The van der Waals surface area contributed by atoms with Crippen molar-refractivity contribution in [3.8, 4) is 22.9 Å². The fraction of sp³-hybridized carbons (Fsp3) is 0.0588. The highest BCUT2D eigenvalue weighted by molar-refractivity contribution is 7.25. The molecule has 2 aromatic heterocycles. The van der Waals surface area contributed by atoms with E-state index >= 15 is 0 Å². The van der Waals surface area contributed by atoms with Gasteiger partial charge in [-0.3, -0.25) is 4.79 Å². The molecular formula is C17H12N2O3S. The molecule has 6 heteroatoms. The first kappa shape index (κ1) is 13.8. The fourth-order valence-electron chi connectivity index (χ4n) is 2.64. The van der Waals surface area contributed by atoms with Crippen LogP contribution in [0.4, 0.5) is 0 Å². The molecule has 0 bridgehead atoms. The average Bonchev–Trinajstić information content (AvgIpc) is 2.93. The minimum Gasteiger partial charge on any atom is -0.504 e. The largest absolute Gasteiger partial charge is 0.504 e. The number of aromatic nitrogens is 2. The molecule has 0 amide bonds. The van der Waals surface area contributed by atoms with Crippen LogP contribution in [0.25, 0.3) is 31.7 Å². The van der Waals surface area contributed by atoms with Gasteiger partial charge in [0.2, 0.25) is 0 Å². The molecule has 0 atom stereocenters. The van der Waals surface area contributed by atoms with Crippen molar-refractivity contribution in [3.05, 3.63) is 52.8 Å². The summed E-state index contributed by atoms with van der Waals surface area (Å²) in [6.07, 6.45) is 0. The predicted octanol–water partition coefficient (Wildman–Crippen LogP) is 3.52. The van der Waals surface area contributed by atoms with Gasteiger partial charge in [-0.2, -0.15) is 0 Å². The number of rotatable bonds is 2. The Morgan fingerprint density at radius 3 is 2.83 bits per heavy atom. The Bertz CT molecular complexity index is 1100. The molecule has 2 N–H and O–H groups in total. The number of nitrogens with zero attached hydrogens (tertiary/aromatic N) is 1. The van der Waals surface area contributed by atoms with Crippen LogP contribution in [0.2, 0.25) is 0 Å². The van der Waals surface area contributed by atoms with Crippen LogP contribution in [0.3, 0.4) is 0 Å². The van der Waals surface area contributed by atoms with Crippen LogP contribution in [-0.4, -0.2) is 22.2 Å². The molecule has 4 aromatic rings. The molecule has 114 valence electrons. The van der Waals surface area contributed by atoms with Crippen molar-refractivity contribution in [1.82, 2.24) is 9.97 Å². The number of nitrogens with one attached hydrogen (secondary N) is 1. The second-order valence-corrected chi connectivity index (χ2v) is 6.08. The lowest BCUT2D eigenvalue weighted by atomic mass is 10.1. The highest BCUT2D eigenvalue weighted by atomic mass is 32.1. The van der Waals surface area contributed by atoms with Crippen molar-refractivity contribution >= 4 is 31.6 Å². The van der Waals surface area contributed by atoms with Crippen molar-refractivity contribution in [1.29, 1.82) is 0 Å². The summed E-state index contributed by atoms with van der Waals surface area (Å²) >= 11 is 1.46. The van der Waals surface area contributed by atoms with Gasteiger partial charge in [0.25, 0.3) is 5.56 Å². The van der Waals surface area contributed by atoms with E-state index in [0.29, 0.717) is 27.4 Å². The smallest absolute Gasteiger partial charge is 0.260 e. The number of benzene rings is 2. The van der Waals surface area contributed by atoms with Crippen LogP contribution in [0.1, 0.15) is 0 Å². The van der Waals surface area contributed by atoms with Crippen LogP contribution in [0.15, 0.2) is 47.3 Å². The van der Waals surface area contributed by atoms with Gasteiger partial charge in [-0.15, -0.1) is 11.3 Å². The van der Waals surface area contributed by atoms with Crippen molar-refractivity contribution < 1.29 is 9.84 Å². The predicted molar refractivity (Wildman–Crippen MR) is 91.4 cm³/mol. The molecule has 0 aliphatic heterocycles. The molecule has 0 aliphatic rings. The van der Waals surface area contributed by atoms with E-state index < -0.39 is 0 Å². The van der Waals surface area contributed by atoms with E-state index in [1.54, 1.807) is 18.2 Å². The molecular weight excluding hydrogens is 312 g/mol. The molecule has 2 aromatic carbocycles. The number of para-hydroxylation sites is 1. The Labute approximate surface area is 134 Å². The van der Waals surface area contributed by atoms with Crippen LogP contribution < -0.4 is 10.3 Å². The fourth-order valence-corrected chi connectivity index (χ4v) is 3.71. The first-order valence-corrected chi connectivity index (χ1v) is 7.78. The maximum atomic E-state index is 12.5. The second-order valence-electron chi connectivity index (χ2n) is 5.05. The summed E-state index contributed by atoms with van der Waals surface area (Å²) in [7, 11) is 1.48. The minimum absolute atomic E-state index is 0.0430. The molecule has 0 spiro atoms. The van der Waals surface area contributed by atoms with Gasteiger partial charge < -0.3 is 14.8 Å². The molecule has 0 saturated carbocycles. The van der Waals surface area contributed by atoms with Gasteiger partial charge in [-0.05, 0) is 18.2 Å². The van der Waals surface area contributed by atoms with Gasteiger partial charge in [0.1, 0.15) is 10.7 Å². The molecule has 5 nitrogen and oxygen atoms in total. The number of thiophene rings is 1.